The summed E-state index contributed by atoms with van der Waals surface area (Å²) < 4.78 is 79.7. The summed E-state index contributed by atoms with van der Waals surface area (Å²) in [6.07, 6.45) is -9.12. The van der Waals surface area contributed by atoms with Gasteiger partial charge in [0.05, 0.1) is 28.2 Å². The highest BCUT2D eigenvalue weighted by Crippen LogP contribution is 2.38. The van der Waals surface area contributed by atoms with Gasteiger partial charge in [-0.2, -0.15) is 31.4 Å². The number of halogens is 6. The molecule has 1 amide bonds. The van der Waals surface area contributed by atoms with Crippen molar-refractivity contribution in [2.24, 2.45) is 0 Å². The Labute approximate surface area is 171 Å². The van der Waals surface area contributed by atoms with E-state index in [2.05, 4.69) is 10.4 Å². The molecule has 1 saturated carbocycles. The van der Waals surface area contributed by atoms with Crippen LogP contribution in [0.25, 0.3) is 10.8 Å². The minimum absolute atomic E-state index is 0.273. The fraction of sp³-hybridized carbons (Fsp3) is 0.526. The minimum atomic E-state index is -4.84. The molecule has 0 aliphatic heterocycles. The van der Waals surface area contributed by atoms with Gasteiger partial charge in [-0.1, -0.05) is 0 Å². The number of benzene rings is 1. The second-order valence-corrected chi connectivity index (χ2v) is 8.04. The number of nitrogens with zero attached hydrogens (tertiary/aromatic N) is 2. The number of hydrogen-bond donors (Lipinski definition) is 2. The van der Waals surface area contributed by atoms with E-state index in [1.54, 1.807) is 6.92 Å². The van der Waals surface area contributed by atoms with Crippen LogP contribution in [0.4, 0.5) is 26.3 Å². The van der Waals surface area contributed by atoms with Gasteiger partial charge < -0.3 is 10.4 Å². The molecule has 1 aromatic carbocycles. The number of hydrogen-bond acceptors (Lipinski definition) is 4. The van der Waals surface area contributed by atoms with E-state index >= 15 is 0 Å². The standard InChI is InChI=1S/C19H19F6N3O3/c1-9(18(20,21)22)15-13-5-10(19(23,24)25)3-4-12(13)16(30)28(27-15)8-14(29)26-11-6-17(2,31)7-11/h3-5,9,11,31H,6-8H2,1-2H3,(H,26,29). The first kappa shape index (κ1) is 23.0. The zero-order chi connectivity index (χ0) is 23.4. The van der Waals surface area contributed by atoms with Gasteiger partial charge in [0.25, 0.3) is 5.56 Å². The Bertz CT molecular complexity index is 1070. The third kappa shape index (κ3) is 4.83. The lowest BCUT2D eigenvalue weighted by Gasteiger charge is -2.41. The van der Waals surface area contributed by atoms with Crippen LogP contribution in [-0.2, 0) is 17.5 Å². The van der Waals surface area contributed by atoms with Gasteiger partial charge in [0.15, 0.2) is 0 Å². The van der Waals surface area contributed by atoms with E-state index < -0.39 is 63.9 Å². The molecular formula is C19H19F6N3O3. The molecule has 1 fully saturated rings. The van der Waals surface area contributed by atoms with E-state index in [0.29, 0.717) is 23.7 Å². The topological polar surface area (TPSA) is 84.2 Å². The summed E-state index contributed by atoms with van der Waals surface area (Å²) >= 11 is 0. The summed E-state index contributed by atoms with van der Waals surface area (Å²) in [5.74, 6) is -3.00. The number of alkyl halides is 6. The van der Waals surface area contributed by atoms with Gasteiger partial charge >= 0.3 is 12.4 Å². The molecule has 0 spiro atoms. The minimum Gasteiger partial charge on any atom is -0.390 e. The predicted octanol–water partition coefficient (Wildman–Crippen LogP) is 3.11. The van der Waals surface area contributed by atoms with Crippen molar-refractivity contribution in [1.82, 2.24) is 15.1 Å². The number of aromatic nitrogens is 2. The van der Waals surface area contributed by atoms with Crippen LogP contribution in [0.3, 0.4) is 0 Å². The normalized spacial score (nSPS) is 22.8. The van der Waals surface area contributed by atoms with Gasteiger partial charge in [-0.15, -0.1) is 0 Å². The Morgan fingerprint density at radius 3 is 2.39 bits per heavy atom. The zero-order valence-corrected chi connectivity index (χ0v) is 16.4. The third-order valence-corrected chi connectivity index (χ3v) is 5.25. The highest BCUT2D eigenvalue weighted by Gasteiger charge is 2.41. The molecule has 1 heterocycles. The molecule has 1 aromatic heterocycles. The first-order valence-corrected chi connectivity index (χ1v) is 9.29. The van der Waals surface area contributed by atoms with Crippen LogP contribution in [-0.4, -0.2) is 38.6 Å². The lowest BCUT2D eigenvalue weighted by molar-refractivity contribution is -0.147. The lowest BCUT2D eigenvalue weighted by atomic mass is 9.77. The van der Waals surface area contributed by atoms with E-state index in [1.807, 2.05) is 0 Å². The SMILES string of the molecule is CC(c1nn(CC(=O)NC2CC(C)(O)C2)c(=O)c2ccc(C(F)(F)F)cc12)C(F)(F)F. The molecule has 0 radical (unpaired) electrons. The highest BCUT2D eigenvalue weighted by atomic mass is 19.4. The number of carbonyl (C=O) groups is 1. The molecule has 0 bridgehead atoms. The number of amides is 1. The van der Waals surface area contributed by atoms with Crippen molar-refractivity contribution in [1.29, 1.82) is 0 Å². The maximum atomic E-state index is 13.3. The third-order valence-electron chi connectivity index (χ3n) is 5.25. The zero-order valence-electron chi connectivity index (χ0n) is 16.4. The van der Waals surface area contributed by atoms with E-state index in [-0.39, 0.29) is 18.9 Å². The molecule has 31 heavy (non-hydrogen) atoms. The average molecular weight is 451 g/mol. The van der Waals surface area contributed by atoms with Gasteiger partial charge in [-0.05, 0) is 44.9 Å². The Morgan fingerprint density at radius 2 is 1.87 bits per heavy atom. The monoisotopic (exact) mass is 451 g/mol. The second-order valence-electron chi connectivity index (χ2n) is 8.04. The van der Waals surface area contributed by atoms with Crippen molar-refractivity contribution in [3.05, 3.63) is 39.8 Å². The first-order chi connectivity index (χ1) is 14.1. The van der Waals surface area contributed by atoms with Crippen molar-refractivity contribution >= 4 is 16.7 Å². The lowest BCUT2D eigenvalue weighted by Crippen LogP contribution is -2.54. The summed E-state index contributed by atoms with van der Waals surface area (Å²) in [6, 6.07) is 1.47. The Balaban J connectivity index is 2.03. The van der Waals surface area contributed by atoms with E-state index in [0.717, 1.165) is 6.07 Å². The fourth-order valence-corrected chi connectivity index (χ4v) is 3.58. The summed E-state index contributed by atoms with van der Waals surface area (Å²) in [6.45, 7) is 1.57. The smallest absolute Gasteiger partial charge is 0.390 e. The summed E-state index contributed by atoms with van der Waals surface area (Å²) in [7, 11) is 0. The van der Waals surface area contributed by atoms with Crippen molar-refractivity contribution in [2.75, 3.05) is 0 Å². The Morgan fingerprint density at radius 1 is 1.26 bits per heavy atom. The van der Waals surface area contributed by atoms with Crippen molar-refractivity contribution in [2.45, 2.75) is 63.1 Å². The highest BCUT2D eigenvalue weighted by molar-refractivity contribution is 5.85. The van der Waals surface area contributed by atoms with Crippen LogP contribution in [0.5, 0.6) is 0 Å². The molecule has 1 aliphatic carbocycles. The molecule has 2 aromatic rings. The number of aliphatic hydroxyl groups is 1. The number of fused-ring (bicyclic) bond motifs is 1. The van der Waals surface area contributed by atoms with Crippen LogP contribution in [0.15, 0.2) is 23.0 Å². The van der Waals surface area contributed by atoms with Crippen LogP contribution >= 0.6 is 0 Å². The maximum Gasteiger partial charge on any atom is 0.416 e. The van der Waals surface area contributed by atoms with Crippen LogP contribution in [0.2, 0.25) is 0 Å². The van der Waals surface area contributed by atoms with E-state index in [9.17, 15) is 41.0 Å². The van der Waals surface area contributed by atoms with Crippen molar-refractivity contribution in [3.63, 3.8) is 0 Å². The van der Waals surface area contributed by atoms with Crippen molar-refractivity contribution in [3.8, 4) is 0 Å². The van der Waals surface area contributed by atoms with Gasteiger partial charge in [0.1, 0.15) is 6.54 Å². The van der Waals surface area contributed by atoms with Crippen LogP contribution in [0, 0.1) is 0 Å². The van der Waals surface area contributed by atoms with E-state index in [1.165, 1.54) is 0 Å². The molecule has 3 rings (SSSR count). The van der Waals surface area contributed by atoms with Gasteiger partial charge in [0, 0.05) is 11.4 Å². The molecule has 1 atom stereocenters. The van der Waals surface area contributed by atoms with Crippen LogP contribution in [0.1, 0.15) is 43.9 Å². The predicted molar refractivity (Wildman–Crippen MR) is 97.3 cm³/mol. The van der Waals surface area contributed by atoms with E-state index in [4.69, 9.17) is 0 Å². The summed E-state index contributed by atoms with van der Waals surface area (Å²) in [5.41, 5.74) is -3.92. The van der Waals surface area contributed by atoms with Gasteiger partial charge in [0.2, 0.25) is 5.91 Å². The Hall–Kier alpha value is -2.63. The Kier molecular flexibility index (Phi) is 5.58. The quantitative estimate of drug-likeness (QED) is 0.700. The molecule has 170 valence electrons. The molecule has 6 nitrogen and oxygen atoms in total. The molecular weight excluding hydrogens is 432 g/mol. The second kappa shape index (κ2) is 7.50. The fourth-order valence-electron chi connectivity index (χ4n) is 3.58. The summed E-state index contributed by atoms with van der Waals surface area (Å²) in [5, 5.41) is 14.9. The molecule has 12 heteroatoms. The number of nitrogens with one attached hydrogen (secondary N) is 1. The van der Waals surface area contributed by atoms with Crippen LogP contribution < -0.4 is 10.9 Å². The van der Waals surface area contributed by atoms with Gasteiger partial charge in [-0.3, -0.25) is 9.59 Å². The molecule has 2 N–H and O–H groups in total. The average Bonchev–Trinajstić information content (AvgIpc) is 2.60. The van der Waals surface area contributed by atoms with Gasteiger partial charge in [-0.25, -0.2) is 4.68 Å². The molecule has 1 aliphatic rings. The number of carbonyl (C=O) groups excluding carboxylic acids is 1. The number of rotatable bonds is 4. The van der Waals surface area contributed by atoms with Crippen molar-refractivity contribution < 1.29 is 36.2 Å². The molecule has 0 saturated heterocycles. The maximum absolute atomic E-state index is 13.3. The first-order valence-electron chi connectivity index (χ1n) is 9.29. The molecule has 1 unspecified atom stereocenters. The largest absolute Gasteiger partial charge is 0.416 e. The summed E-state index contributed by atoms with van der Waals surface area (Å²) in [4.78, 5) is 24.9.